The van der Waals surface area contributed by atoms with Gasteiger partial charge in [0, 0.05) is 6.04 Å². The number of hydrazine groups is 1. The Morgan fingerprint density at radius 1 is 1.30 bits per heavy atom. The summed E-state index contributed by atoms with van der Waals surface area (Å²) in [5, 5.41) is 4.34. The minimum Gasteiger partial charge on any atom is -0.271 e. The molecule has 1 atom stereocenters. The summed E-state index contributed by atoms with van der Waals surface area (Å²) in [5.74, 6) is 5.40. The topological polar surface area (TPSA) is 55.9 Å². The molecule has 0 aliphatic rings. The highest BCUT2D eigenvalue weighted by atomic mass is 79.9. The summed E-state index contributed by atoms with van der Waals surface area (Å²) in [7, 11) is 0. The lowest BCUT2D eigenvalue weighted by molar-refractivity contribution is 0.475. The van der Waals surface area contributed by atoms with Gasteiger partial charge in [-0.3, -0.25) is 10.5 Å². The number of halogens is 3. The molecule has 0 saturated carbocycles. The van der Waals surface area contributed by atoms with E-state index in [-0.39, 0.29) is 17.9 Å². The first-order chi connectivity index (χ1) is 9.45. The number of hydrogen-bond acceptors (Lipinski definition) is 3. The van der Waals surface area contributed by atoms with E-state index in [1.54, 1.807) is 18.3 Å². The van der Waals surface area contributed by atoms with Crippen LogP contribution >= 0.6 is 31.9 Å². The van der Waals surface area contributed by atoms with E-state index < -0.39 is 0 Å². The van der Waals surface area contributed by atoms with E-state index in [1.807, 2.05) is 18.5 Å². The molecule has 0 aliphatic heterocycles. The third kappa shape index (κ3) is 2.95. The molecule has 3 N–H and O–H groups in total. The first-order valence-corrected chi connectivity index (χ1v) is 7.68. The lowest BCUT2D eigenvalue weighted by atomic mass is 10.0. The van der Waals surface area contributed by atoms with Crippen LogP contribution in [0.1, 0.15) is 37.2 Å². The number of benzene rings is 1. The normalized spacial score (nSPS) is 12.9. The Labute approximate surface area is 133 Å². The van der Waals surface area contributed by atoms with Crippen LogP contribution in [0.4, 0.5) is 4.39 Å². The second-order valence-electron chi connectivity index (χ2n) is 4.69. The van der Waals surface area contributed by atoms with Crippen molar-refractivity contribution in [2.75, 3.05) is 0 Å². The maximum Gasteiger partial charge on any atom is 0.137 e. The zero-order valence-electron chi connectivity index (χ0n) is 11.1. The van der Waals surface area contributed by atoms with Crippen molar-refractivity contribution in [3.05, 3.63) is 50.4 Å². The van der Waals surface area contributed by atoms with Crippen LogP contribution < -0.4 is 11.3 Å². The van der Waals surface area contributed by atoms with Crippen LogP contribution in [-0.4, -0.2) is 9.78 Å². The summed E-state index contributed by atoms with van der Waals surface area (Å²) in [6.07, 6.45) is 1.73. The van der Waals surface area contributed by atoms with Gasteiger partial charge in [-0.1, -0.05) is 6.07 Å². The average Bonchev–Trinajstić information content (AvgIpc) is 2.77. The van der Waals surface area contributed by atoms with Crippen LogP contribution in [-0.2, 0) is 0 Å². The summed E-state index contributed by atoms with van der Waals surface area (Å²) < 4.78 is 16.5. The fourth-order valence-corrected chi connectivity index (χ4v) is 2.96. The maximum atomic E-state index is 13.4. The zero-order chi connectivity index (χ0) is 14.9. The molecule has 1 aromatic heterocycles. The molecule has 0 saturated heterocycles. The van der Waals surface area contributed by atoms with Crippen molar-refractivity contribution in [2.24, 2.45) is 5.84 Å². The van der Waals surface area contributed by atoms with Gasteiger partial charge in [-0.15, -0.1) is 0 Å². The van der Waals surface area contributed by atoms with Crippen LogP contribution in [0.3, 0.4) is 0 Å². The fourth-order valence-electron chi connectivity index (χ4n) is 2.06. The largest absolute Gasteiger partial charge is 0.271 e. The van der Waals surface area contributed by atoms with E-state index in [0.29, 0.717) is 4.47 Å². The van der Waals surface area contributed by atoms with Gasteiger partial charge in [0.05, 0.1) is 26.9 Å². The highest BCUT2D eigenvalue weighted by molar-refractivity contribution is 9.10. The van der Waals surface area contributed by atoms with Gasteiger partial charge in [-0.05, 0) is 63.4 Å². The third-order valence-corrected chi connectivity index (χ3v) is 4.21. The van der Waals surface area contributed by atoms with E-state index >= 15 is 0 Å². The monoisotopic (exact) mass is 404 g/mol. The predicted octanol–water partition coefficient (Wildman–Crippen LogP) is 3.68. The standard InChI is InChI=1S/C13H15Br2FN4/c1-7(2)20-13(10(15)6-18-20)12(19-17)8-3-4-11(16)9(14)5-8/h3-7,12,19H,17H2,1-2H3. The number of hydrogen-bond donors (Lipinski definition) is 2. The Balaban J connectivity index is 2.52. The molecule has 1 unspecified atom stereocenters. The van der Waals surface area contributed by atoms with Crippen LogP contribution in [0.2, 0.25) is 0 Å². The number of nitrogens with one attached hydrogen (secondary N) is 1. The number of aromatic nitrogens is 2. The van der Waals surface area contributed by atoms with Gasteiger partial charge in [0.15, 0.2) is 0 Å². The molecule has 2 rings (SSSR count). The van der Waals surface area contributed by atoms with E-state index in [9.17, 15) is 4.39 Å². The van der Waals surface area contributed by atoms with Gasteiger partial charge in [0.1, 0.15) is 5.82 Å². The fraction of sp³-hybridized carbons (Fsp3) is 0.308. The van der Waals surface area contributed by atoms with Crippen LogP contribution in [0.25, 0.3) is 0 Å². The molecule has 0 aliphatic carbocycles. The quantitative estimate of drug-likeness (QED) is 0.602. The summed E-state index contributed by atoms with van der Waals surface area (Å²) in [4.78, 5) is 0. The molecule has 0 fully saturated rings. The summed E-state index contributed by atoms with van der Waals surface area (Å²) in [5.41, 5.74) is 4.52. The Morgan fingerprint density at radius 3 is 2.55 bits per heavy atom. The van der Waals surface area contributed by atoms with Crippen molar-refractivity contribution in [1.29, 1.82) is 0 Å². The van der Waals surface area contributed by atoms with E-state index in [0.717, 1.165) is 15.7 Å². The molecule has 2 aromatic rings. The summed E-state index contributed by atoms with van der Waals surface area (Å²) in [6.45, 7) is 4.08. The van der Waals surface area contributed by atoms with E-state index in [2.05, 4.69) is 42.4 Å². The number of rotatable bonds is 4. The molecular formula is C13H15Br2FN4. The smallest absolute Gasteiger partial charge is 0.137 e. The second-order valence-corrected chi connectivity index (χ2v) is 6.40. The zero-order valence-corrected chi connectivity index (χ0v) is 14.2. The van der Waals surface area contributed by atoms with E-state index in [1.165, 1.54) is 6.07 Å². The van der Waals surface area contributed by atoms with Gasteiger partial charge in [0.25, 0.3) is 0 Å². The maximum absolute atomic E-state index is 13.4. The molecule has 7 heteroatoms. The van der Waals surface area contributed by atoms with Gasteiger partial charge in [0.2, 0.25) is 0 Å². The molecule has 0 amide bonds. The first kappa shape index (κ1) is 15.6. The summed E-state index contributed by atoms with van der Waals surface area (Å²) in [6, 6.07) is 4.73. The molecule has 20 heavy (non-hydrogen) atoms. The lowest BCUT2D eigenvalue weighted by Crippen LogP contribution is -2.31. The van der Waals surface area contributed by atoms with Gasteiger partial charge in [-0.2, -0.15) is 5.10 Å². The predicted molar refractivity (Wildman–Crippen MR) is 83.6 cm³/mol. The molecule has 108 valence electrons. The van der Waals surface area contributed by atoms with Crippen molar-refractivity contribution in [3.8, 4) is 0 Å². The Kier molecular flexibility index (Phi) is 4.95. The van der Waals surface area contributed by atoms with Gasteiger partial charge < -0.3 is 0 Å². The SMILES string of the molecule is CC(C)n1ncc(Br)c1C(NN)c1ccc(F)c(Br)c1. The lowest BCUT2D eigenvalue weighted by Gasteiger charge is -2.21. The molecule has 4 nitrogen and oxygen atoms in total. The van der Waals surface area contributed by atoms with Gasteiger partial charge >= 0.3 is 0 Å². The molecule has 0 spiro atoms. The third-order valence-electron chi connectivity index (χ3n) is 2.99. The van der Waals surface area contributed by atoms with Crippen molar-refractivity contribution >= 4 is 31.9 Å². The Morgan fingerprint density at radius 2 is 2.00 bits per heavy atom. The Bertz CT molecular complexity index is 612. The average molecular weight is 406 g/mol. The van der Waals surface area contributed by atoms with Crippen LogP contribution in [0.5, 0.6) is 0 Å². The molecule has 0 bridgehead atoms. The summed E-state index contributed by atoms with van der Waals surface area (Å²) >= 11 is 6.69. The van der Waals surface area contributed by atoms with Gasteiger partial charge in [-0.25, -0.2) is 9.82 Å². The minimum absolute atomic E-state index is 0.191. The molecular weight excluding hydrogens is 391 g/mol. The molecule has 0 radical (unpaired) electrons. The minimum atomic E-state index is -0.305. The highest BCUT2D eigenvalue weighted by Gasteiger charge is 2.22. The number of nitrogens with zero attached hydrogens (tertiary/aromatic N) is 2. The van der Waals surface area contributed by atoms with Crippen molar-refractivity contribution in [2.45, 2.75) is 25.9 Å². The second kappa shape index (κ2) is 6.34. The first-order valence-electron chi connectivity index (χ1n) is 6.09. The van der Waals surface area contributed by atoms with Crippen molar-refractivity contribution in [1.82, 2.24) is 15.2 Å². The number of nitrogens with two attached hydrogens (primary N) is 1. The van der Waals surface area contributed by atoms with Crippen LogP contribution in [0.15, 0.2) is 33.3 Å². The Hall–Kier alpha value is -0.760. The van der Waals surface area contributed by atoms with Crippen molar-refractivity contribution in [3.63, 3.8) is 0 Å². The van der Waals surface area contributed by atoms with Crippen molar-refractivity contribution < 1.29 is 4.39 Å². The molecule has 1 aromatic carbocycles. The highest BCUT2D eigenvalue weighted by Crippen LogP contribution is 2.31. The van der Waals surface area contributed by atoms with Crippen LogP contribution in [0, 0.1) is 5.82 Å². The van der Waals surface area contributed by atoms with E-state index in [4.69, 9.17) is 5.84 Å². The molecule has 1 heterocycles.